The van der Waals surface area contributed by atoms with Gasteiger partial charge in [0.25, 0.3) is 0 Å². The van der Waals surface area contributed by atoms with Crippen LogP contribution in [0.4, 0.5) is 5.69 Å². The zero-order valence-corrected chi connectivity index (χ0v) is 11.8. The summed E-state index contributed by atoms with van der Waals surface area (Å²) in [6.45, 7) is 5.74. The standard InChI is InChI=1S/C13H19ClN2O2/c1-13(2,3)11(15)12(17)16-8-5-6-10(18-4)9(14)7-8/h5-7,11H,15H2,1-4H3,(H,16,17)/t11-/m1/s1. The summed E-state index contributed by atoms with van der Waals surface area (Å²) < 4.78 is 5.04. The number of anilines is 1. The fourth-order valence-electron chi connectivity index (χ4n) is 1.36. The van der Waals surface area contributed by atoms with E-state index in [0.717, 1.165) is 0 Å². The second-order valence-electron chi connectivity index (χ2n) is 5.18. The molecule has 0 aliphatic rings. The van der Waals surface area contributed by atoms with Gasteiger partial charge in [0.1, 0.15) is 5.75 Å². The molecule has 100 valence electrons. The number of halogens is 1. The molecule has 0 spiro atoms. The molecule has 4 nitrogen and oxygen atoms in total. The molecular weight excluding hydrogens is 252 g/mol. The number of ether oxygens (including phenoxy) is 1. The molecule has 0 saturated carbocycles. The summed E-state index contributed by atoms with van der Waals surface area (Å²) in [6.07, 6.45) is 0. The minimum absolute atomic E-state index is 0.233. The van der Waals surface area contributed by atoms with Gasteiger partial charge in [-0.3, -0.25) is 4.79 Å². The van der Waals surface area contributed by atoms with Crippen molar-refractivity contribution in [3.05, 3.63) is 23.2 Å². The molecule has 0 radical (unpaired) electrons. The normalized spacial score (nSPS) is 13.0. The van der Waals surface area contributed by atoms with Crippen LogP contribution in [0.2, 0.25) is 5.02 Å². The number of hydrogen-bond acceptors (Lipinski definition) is 3. The van der Waals surface area contributed by atoms with Gasteiger partial charge in [-0.1, -0.05) is 32.4 Å². The predicted molar refractivity (Wildman–Crippen MR) is 74.1 cm³/mol. The fraction of sp³-hybridized carbons (Fsp3) is 0.462. The van der Waals surface area contributed by atoms with Crippen LogP contribution < -0.4 is 15.8 Å². The molecule has 1 aromatic rings. The molecule has 0 fully saturated rings. The lowest BCUT2D eigenvalue weighted by atomic mass is 9.87. The van der Waals surface area contributed by atoms with Crippen LogP contribution in [0.25, 0.3) is 0 Å². The van der Waals surface area contributed by atoms with Gasteiger partial charge in [-0.15, -0.1) is 0 Å². The highest BCUT2D eigenvalue weighted by Crippen LogP contribution is 2.27. The largest absolute Gasteiger partial charge is 0.495 e. The minimum Gasteiger partial charge on any atom is -0.495 e. The fourth-order valence-corrected chi connectivity index (χ4v) is 1.62. The number of hydrogen-bond donors (Lipinski definition) is 2. The van der Waals surface area contributed by atoms with E-state index in [2.05, 4.69) is 5.32 Å². The molecule has 1 atom stereocenters. The summed E-state index contributed by atoms with van der Waals surface area (Å²) >= 11 is 5.97. The minimum atomic E-state index is -0.585. The Morgan fingerprint density at radius 1 is 1.44 bits per heavy atom. The lowest BCUT2D eigenvalue weighted by Crippen LogP contribution is -2.45. The molecular formula is C13H19ClN2O2. The van der Waals surface area contributed by atoms with E-state index in [4.69, 9.17) is 22.1 Å². The molecule has 1 amide bonds. The summed E-state index contributed by atoms with van der Waals surface area (Å²) in [5.74, 6) is 0.332. The van der Waals surface area contributed by atoms with Crippen LogP contribution in [0.5, 0.6) is 5.75 Å². The van der Waals surface area contributed by atoms with Crippen molar-refractivity contribution < 1.29 is 9.53 Å². The summed E-state index contributed by atoms with van der Waals surface area (Å²) in [6, 6.07) is 4.46. The molecule has 5 heteroatoms. The van der Waals surface area contributed by atoms with Crippen molar-refractivity contribution in [2.75, 3.05) is 12.4 Å². The van der Waals surface area contributed by atoms with Crippen molar-refractivity contribution in [1.82, 2.24) is 0 Å². The first-order valence-electron chi connectivity index (χ1n) is 5.65. The van der Waals surface area contributed by atoms with Crippen molar-refractivity contribution >= 4 is 23.2 Å². The van der Waals surface area contributed by atoms with E-state index in [1.807, 2.05) is 20.8 Å². The van der Waals surface area contributed by atoms with E-state index in [9.17, 15) is 4.79 Å². The number of methoxy groups -OCH3 is 1. The number of amides is 1. The number of nitrogens with one attached hydrogen (secondary N) is 1. The third kappa shape index (κ3) is 3.62. The Morgan fingerprint density at radius 3 is 2.50 bits per heavy atom. The van der Waals surface area contributed by atoms with Crippen molar-refractivity contribution in [1.29, 1.82) is 0 Å². The van der Waals surface area contributed by atoms with Crippen LogP contribution in [-0.4, -0.2) is 19.1 Å². The van der Waals surface area contributed by atoms with Crippen LogP contribution in [0.3, 0.4) is 0 Å². The average Bonchev–Trinajstić information content (AvgIpc) is 2.27. The van der Waals surface area contributed by atoms with Gasteiger partial charge in [0.2, 0.25) is 5.91 Å². The number of rotatable bonds is 3. The van der Waals surface area contributed by atoms with Gasteiger partial charge in [-0.25, -0.2) is 0 Å². The van der Waals surface area contributed by atoms with E-state index < -0.39 is 6.04 Å². The first-order valence-corrected chi connectivity index (χ1v) is 6.03. The van der Waals surface area contributed by atoms with Gasteiger partial charge in [0.05, 0.1) is 18.2 Å². The maximum absolute atomic E-state index is 11.9. The number of carbonyl (C=O) groups is 1. The third-order valence-corrected chi connectivity index (χ3v) is 2.93. The molecule has 0 saturated heterocycles. The zero-order chi connectivity index (χ0) is 13.9. The van der Waals surface area contributed by atoms with Crippen molar-refractivity contribution in [2.45, 2.75) is 26.8 Å². The van der Waals surface area contributed by atoms with Crippen molar-refractivity contribution in [3.63, 3.8) is 0 Å². The van der Waals surface area contributed by atoms with Crippen molar-refractivity contribution in [2.24, 2.45) is 11.1 Å². The topological polar surface area (TPSA) is 64.3 Å². The van der Waals surface area contributed by atoms with Crippen molar-refractivity contribution in [3.8, 4) is 5.75 Å². The van der Waals surface area contributed by atoms with E-state index >= 15 is 0 Å². The lowest BCUT2D eigenvalue weighted by molar-refractivity contribution is -0.119. The molecule has 3 N–H and O–H groups in total. The Bertz CT molecular complexity index is 441. The van der Waals surface area contributed by atoms with Gasteiger partial charge >= 0.3 is 0 Å². The smallest absolute Gasteiger partial charge is 0.241 e. The maximum atomic E-state index is 11.9. The molecule has 0 aromatic heterocycles. The van der Waals surface area contributed by atoms with Gasteiger partial charge < -0.3 is 15.8 Å². The number of benzene rings is 1. The Morgan fingerprint density at radius 2 is 2.06 bits per heavy atom. The van der Waals surface area contributed by atoms with E-state index in [-0.39, 0.29) is 11.3 Å². The summed E-state index contributed by atoms with van der Waals surface area (Å²) in [7, 11) is 1.54. The van der Waals surface area contributed by atoms with Crippen LogP contribution in [0.15, 0.2) is 18.2 Å². The Hall–Kier alpha value is -1.26. The number of carbonyl (C=O) groups excluding carboxylic acids is 1. The summed E-state index contributed by atoms with van der Waals surface area (Å²) in [5, 5.41) is 3.18. The average molecular weight is 271 g/mol. The molecule has 18 heavy (non-hydrogen) atoms. The third-order valence-electron chi connectivity index (χ3n) is 2.63. The highest BCUT2D eigenvalue weighted by Gasteiger charge is 2.27. The Kier molecular flexibility index (Phi) is 4.59. The van der Waals surface area contributed by atoms with Crippen LogP contribution >= 0.6 is 11.6 Å². The highest BCUT2D eigenvalue weighted by molar-refractivity contribution is 6.32. The Labute approximate surface area is 112 Å². The molecule has 0 bridgehead atoms. The molecule has 0 aliphatic carbocycles. The lowest BCUT2D eigenvalue weighted by Gasteiger charge is -2.25. The Balaban J connectivity index is 2.80. The van der Waals surface area contributed by atoms with Gasteiger partial charge in [0.15, 0.2) is 0 Å². The van der Waals surface area contributed by atoms with E-state index in [1.54, 1.807) is 18.2 Å². The summed E-state index contributed by atoms with van der Waals surface area (Å²) in [5.41, 5.74) is 6.18. The van der Waals surface area contributed by atoms with Gasteiger partial charge in [-0.2, -0.15) is 0 Å². The van der Waals surface area contributed by atoms with Gasteiger partial charge in [-0.05, 0) is 23.6 Å². The highest BCUT2D eigenvalue weighted by atomic mass is 35.5. The predicted octanol–water partition coefficient (Wildman–Crippen LogP) is 2.66. The van der Waals surface area contributed by atoms with Gasteiger partial charge in [0, 0.05) is 5.69 Å². The maximum Gasteiger partial charge on any atom is 0.241 e. The van der Waals surface area contributed by atoms with Crippen LogP contribution in [-0.2, 0) is 4.79 Å². The molecule has 0 aliphatic heterocycles. The van der Waals surface area contributed by atoms with Crippen LogP contribution in [0.1, 0.15) is 20.8 Å². The molecule has 1 aromatic carbocycles. The first kappa shape index (κ1) is 14.8. The van der Waals surface area contributed by atoms with E-state index in [1.165, 1.54) is 7.11 Å². The monoisotopic (exact) mass is 270 g/mol. The zero-order valence-electron chi connectivity index (χ0n) is 11.1. The molecule has 0 unspecified atom stereocenters. The number of nitrogens with two attached hydrogens (primary N) is 1. The summed E-state index contributed by atoms with van der Waals surface area (Å²) in [4.78, 5) is 11.9. The molecule has 0 heterocycles. The SMILES string of the molecule is COc1ccc(NC(=O)[C@@H](N)C(C)(C)C)cc1Cl. The first-order chi connectivity index (χ1) is 8.25. The molecule has 1 rings (SSSR count). The van der Waals surface area contributed by atoms with Crippen LogP contribution in [0, 0.1) is 5.41 Å². The van der Waals surface area contributed by atoms with E-state index in [0.29, 0.717) is 16.5 Å². The second kappa shape index (κ2) is 5.59. The second-order valence-corrected chi connectivity index (χ2v) is 5.59. The quantitative estimate of drug-likeness (QED) is 0.887.